The van der Waals surface area contributed by atoms with Gasteiger partial charge >= 0.3 is 0 Å². The first-order valence-corrected chi connectivity index (χ1v) is 11.2. The van der Waals surface area contributed by atoms with Gasteiger partial charge in [0.15, 0.2) is 0 Å². The van der Waals surface area contributed by atoms with Crippen molar-refractivity contribution in [2.24, 2.45) is 10.9 Å². The van der Waals surface area contributed by atoms with E-state index in [-0.39, 0.29) is 21.5 Å². The fraction of sp³-hybridized carbons (Fsp3) is 0.136. The summed E-state index contributed by atoms with van der Waals surface area (Å²) in [7, 11) is -4.13. The van der Waals surface area contributed by atoms with Gasteiger partial charge in [0.25, 0.3) is 15.9 Å². The van der Waals surface area contributed by atoms with Gasteiger partial charge in [-0.25, -0.2) is 18.1 Å². The minimum atomic E-state index is -4.13. The lowest BCUT2D eigenvalue weighted by Gasteiger charge is -2.11. The third-order valence-corrected chi connectivity index (χ3v) is 6.72. The van der Waals surface area contributed by atoms with Crippen molar-refractivity contribution < 1.29 is 13.2 Å². The number of nitrogens with zero attached hydrogens (tertiary/aromatic N) is 2. The lowest BCUT2D eigenvalue weighted by Crippen LogP contribution is -2.31. The average Bonchev–Trinajstić information content (AvgIpc) is 3.18. The number of fused-ring (bicyclic) bond motifs is 1. The molecule has 0 saturated carbocycles. The highest BCUT2D eigenvalue weighted by atomic mass is 35.5. The Kier molecular flexibility index (Phi) is 5.40. The fourth-order valence-corrected chi connectivity index (χ4v) is 4.88. The van der Waals surface area contributed by atoms with E-state index in [4.69, 9.17) is 11.6 Å². The third kappa shape index (κ3) is 3.74. The zero-order valence-electron chi connectivity index (χ0n) is 16.0. The summed E-state index contributed by atoms with van der Waals surface area (Å²) in [6.07, 6.45) is 4.07. The van der Waals surface area contributed by atoms with Crippen LogP contribution in [-0.2, 0) is 14.8 Å². The Bertz CT molecular complexity index is 1310. The Hall–Kier alpha value is -3.03. The van der Waals surface area contributed by atoms with E-state index >= 15 is 0 Å². The number of allylic oxidation sites excluding steroid dienone is 1. The van der Waals surface area contributed by atoms with E-state index in [0.717, 1.165) is 10.8 Å². The molecule has 1 amide bonds. The maximum absolute atomic E-state index is 12.7. The first-order chi connectivity index (χ1) is 14.4. The van der Waals surface area contributed by atoms with Crippen molar-refractivity contribution in [1.29, 1.82) is 0 Å². The fourth-order valence-electron chi connectivity index (χ4n) is 3.40. The van der Waals surface area contributed by atoms with Gasteiger partial charge in [-0.3, -0.25) is 9.78 Å². The number of aliphatic imine (C=N–C) groups is 1. The van der Waals surface area contributed by atoms with Crippen LogP contribution in [0.4, 0.5) is 0 Å². The van der Waals surface area contributed by atoms with E-state index in [1.807, 2.05) is 37.3 Å². The number of carbonyl (C=O) groups excluding carboxylic acids is 1. The molecule has 0 bridgehead atoms. The molecule has 1 unspecified atom stereocenters. The summed E-state index contributed by atoms with van der Waals surface area (Å²) in [4.78, 5) is 21.5. The largest absolute Gasteiger partial charge is 0.283 e. The topological polar surface area (TPSA) is 88.5 Å². The maximum atomic E-state index is 12.7. The molecule has 2 heterocycles. The molecular formula is C22H18ClN3O3S. The molecular weight excluding hydrogens is 422 g/mol. The van der Waals surface area contributed by atoms with E-state index < -0.39 is 15.9 Å². The molecule has 1 N–H and O–H groups in total. The number of benzene rings is 2. The Morgan fingerprint density at radius 2 is 1.83 bits per heavy atom. The summed E-state index contributed by atoms with van der Waals surface area (Å²) in [6.45, 7) is 1.98. The molecule has 1 aliphatic rings. The number of nitrogens with one attached hydrogen (secondary N) is 1. The smallest absolute Gasteiger partial charge is 0.266 e. The van der Waals surface area contributed by atoms with E-state index in [2.05, 4.69) is 14.7 Å². The van der Waals surface area contributed by atoms with Crippen LogP contribution < -0.4 is 4.72 Å². The van der Waals surface area contributed by atoms with E-state index in [1.165, 1.54) is 18.2 Å². The van der Waals surface area contributed by atoms with Crippen LogP contribution in [0.1, 0.15) is 19.0 Å². The number of rotatable bonds is 5. The molecule has 8 heteroatoms. The van der Waals surface area contributed by atoms with Crippen molar-refractivity contribution in [2.45, 2.75) is 18.2 Å². The van der Waals surface area contributed by atoms with Crippen molar-refractivity contribution >= 4 is 44.0 Å². The van der Waals surface area contributed by atoms with E-state index in [1.54, 1.807) is 18.3 Å². The number of amides is 1. The summed E-state index contributed by atoms with van der Waals surface area (Å²) in [5.74, 6) is -0.948. The van der Waals surface area contributed by atoms with Crippen LogP contribution in [-0.4, -0.2) is 25.0 Å². The predicted molar refractivity (Wildman–Crippen MR) is 117 cm³/mol. The van der Waals surface area contributed by atoms with Crippen molar-refractivity contribution in [1.82, 2.24) is 9.71 Å². The molecule has 0 radical (unpaired) electrons. The summed E-state index contributed by atoms with van der Waals surface area (Å²) in [6, 6.07) is 15.6. The second-order valence-corrected chi connectivity index (χ2v) is 8.87. The molecule has 0 aliphatic carbocycles. The molecule has 0 fully saturated rings. The van der Waals surface area contributed by atoms with Crippen LogP contribution in [0.25, 0.3) is 10.8 Å². The van der Waals surface area contributed by atoms with Crippen LogP contribution in [0.5, 0.6) is 0 Å². The second-order valence-electron chi connectivity index (χ2n) is 6.81. The van der Waals surface area contributed by atoms with E-state index in [0.29, 0.717) is 17.8 Å². The van der Waals surface area contributed by atoms with Crippen molar-refractivity contribution in [3.05, 3.63) is 83.3 Å². The van der Waals surface area contributed by atoms with Crippen LogP contribution in [0.2, 0.25) is 5.02 Å². The molecule has 6 nitrogen and oxygen atoms in total. The zero-order chi connectivity index (χ0) is 21.3. The molecule has 152 valence electrons. The van der Waals surface area contributed by atoms with Gasteiger partial charge in [0, 0.05) is 17.5 Å². The molecule has 1 aromatic heterocycles. The van der Waals surface area contributed by atoms with Crippen LogP contribution in [0.15, 0.2) is 82.5 Å². The molecule has 3 aromatic rings. The van der Waals surface area contributed by atoms with Gasteiger partial charge < -0.3 is 0 Å². The molecule has 30 heavy (non-hydrogen) atoms. The molecule has 0 spiro atoms. The number of carbonyl (C=O) groups is 1. The number of hydrogen-bond acceptors (Lipinski definition) is 5. The first-order valence-electron chi connectivity index (χ1n) is 9.37. The highest BCUT2D eigenvalue weighted by Crippen LogP contribution is 2.28. The summed E-state index contributed by atoms with van der Waals surface area (Å²) in [5, 5.41) is 1.98. The third-order valence-electron chi connectivity index (χ3n) is 4.89. The minimum Gasteiger partial charge on any atom is -0.266 e. The summed E-state index contributed by atoms with van der Waals surface area (Å²) >= 11 is 5.98. The average molecular weight is 440 g/mol. The number of aromatic nitrogens is 1. The Balaban J connectivity index is 1.67. The van der Waals surface area contributed by atoms with Gasteiger partial charge in [0.2, 0.25) is 0 Å². The minimum absolute atomic E-state index is 0.0359. The van der Waals surface area contributed by atoms with Gasteiger partial charge in [0.05, 0.1) is 16.4 Å². The maximum Gasteiger partial charge on any atom is 0.283 e. The standard InChI is InChI=1S/C22H18ClN3O3S/c1-2-14-13-18(22(27)26-30(28,29)19-10-6-5-9-17(19)23)25-20(14)21-16-8-4-3-7-15(16)11-12-24-21/h3-14H,2H2,1H3,(H,26,27). The normalized spacial score (nSPS) is 16.3. The lowest BCUT2D eigenvalue weighted by atomic mass is 9.96. The summed E-state index contributed by atoms with van der Waals surface area (Å²) < 4.78 is 27.2. The monoisotopic (exact) mass is 439 g/mol. The van der Waals surface area contributed by atoms with E-state index in [9.17, 15) is 13.2 Å². The molecule has 2 aromatic carbocycles. The van der Waals surface area contributed by atoms with Gasteiger partial charge in [-0.15, -0.1) is 0 Å². The highest BCUT2D eigenvalue weighted by molar-refractivity contribution is 7.90. The van der Waals surface area contributed by atoms with Gasteiger partial charge in [-0.05, 0) is 36.1 Å². The molecule has 4 rings (SSSR count). The van der Waals surface area contributed by atoms with Crippen LogP contribution >= 0.6 is 11.6 Å². The zero-order valence-corrected chi connectivity index (χ0v) is 17.6. The highest BCUT2D eigenvalue weighted by Gasteiger charge is 2.29. The van der Waals surface area contributed by atoms with Crippen molar-refractivity contribution in [2.75, 3.05) is 0 Å². The number of halogens is 1. The Labute approximate surface area is 179 Å². The second kappa shape index (κ2) is 8.01. The lowest BCUT2D eigenvalue weighted by molar-refractivity contribution is -0.115. The molecule has 1 aliphatic heterocycles. The van der Waals surface area contributed by atoms with Crippen molar-refractivity contribution in [3.8, 4) is 0 Å². The summed E-state index contributed by atoms with van der Waals surface area (Å²) in [5.41, 5.74) is 1.38. The molecule has 1 atom stereocenters. The Morgan fingerprint density at radius 3 is 2.60 bits per heavy atom. The van der Waals surface area contributed by atoms with Crippen LogP contribution in [0, 0.1) is 5.92 Å². The van der Waals surface area contributed by atoms with Crippen molar-refractivity contribution in [3.63, 3.8) is 0 Å². The number of pyridine rings is 1. The SMILES string of the molecule is CCC1C=C(C(=O)NS(=O)(=O)c2ccccc2Cl)N=C1c1nccc2ccccc12. The number of sulfonamides is 1. The molecule has 0 saturated heterocycles. The quantitative estimate of drug-likeness (QED) is 0.648. The van der Waals surface area contributed by atoms with Gasteiger partial charge in [-0.2, -0.15) is 0 Å². The number of hydrogen-bond donors (Lipinski definition) is 1. The predicted octanol–water partition coefficient (Wildman–Crippen LogP) is 4.11. The van der Waals surface area contributed by atoms with Gasteiger partial charge in [-0.1, -0.05) is 54.9 Å². The van der Waals surface area contributed by atoms with Gasteiger partial charge in [0.1, 0.15) is 10.6 Å². The van der Waals surface area contributed by atoms with Crippen LogP contribution in [0.3, 0.4) is 0 Å². The Morgan fingerprint density at radius 1 is 1.10 bits per heavy atom. The first kappa shape index (κ1) is 20.3.